The van der Waals surface area contributed by atoms with Gasteiger partial charge in [-0.1, -0.05) is 24.3 Å². The second-order valence-corrected chi connectivity index (χ2v) is 4.28. The van der Waals surface area contributed by atoms with E-state index in [1.807, 2.05) is 42.5 Å². The lowest BCUT2D eigenvalue weighted by atomic mass is 10.1. The first kappa shape index (κ1) is 11.6. The summed E-state index contributed by atoms with van der Waals surface area (Å²) in [5.74, 6) is 0.467. The maximum absolute atomic E-state index is 12.3. The second-order valence-electron chi connectivity index (χ2n) is 4.28. The number of benzene rings is 2. The van der Waals surface area contributed by atoms with Crippen molar-refractivity contribution in [2.45, 2.75) is 0 Å². The summed E-state index contributed by atoms with van der Waals surface area (Å²) in [5.41, 5.74) is 2.19. The Bertz CT molecular complexity index is 596. The van der Waals surface area contributed by atoms with E-state index in [1.165, 1.54) is 0 Å². The molecule has 0 unspecified atom stereocenters. The predicted octanol–water partition coefficient (Wildman–Crippen LogP) is 2.74. The summed E-state index contributed by atoms with van der Waals surface area (Å²) in [7, 11) is 0. The van der Waals surface area contributed by atoms with Crippen LogP contribution in [0.1, 0.15) is 10.4 Å². The van der Waals surface area contributed by atoms with E-state index in [2.05, 4.69) is 10.6 Å². The summed E-state index contributed by atoms with van der Waals surface area (Å²) < 4.78 is 5.59. The molecule has 19 heavy (non-hydrogen) atoms. The van der Waals surface area contributed by atoms with Gasteiger partial charge in [-0.15, -0.1) is 0 Å². The van der Waals surface area contributed by atoms with Crippen molar-refractivity contribution in [1.82, 2.24) is 0 Å². The molecule has 1 amide bonds. The molecule has 0 aliphatic carbocycles. The van der Waals surface area contributed by atoms with Gasteiger partial charge >= 0.3 is 0 Å². The van der Waals surface area contributed by atoms with Gasteiger partial charge in [-0.3, -0.25) is 4.79 Å². The van der Waals surface area contributed by atoms with Gasteiger partial charge in [0.1, 0.15) is 6.61 Å². The predicted molar refractivity (Wildman–Crippen MR) is 74.8 cm³/mol. The van der Waals surface area contributed by atoms with Crippen LogP contribution in [0.2, 0.25) is 0 Å². The van der Waals surface area contributed by atoms with Gasteiger partial charge in [0.15, 0.2) is 5.75 Å². The number of hydrogen-bond acceptors (Lipinski definition) is 3. The van der Waals surface area contributed by atoms with Gasteiger partial charge in [0.2, 0.25) is 0 Å². The third kappa shape index (κ3) is 2.38. The molecule has 0 saturated carbocycles. The Labute approximate surface area is 111 Å². The minimum atomic E-state index is -0.160. The number of carbonyl (C=O) groups is 1. The third-order valence-corrected chi connectivity index (χ3v) is 2.96. The lowest BCUT2D eigenvalue weighted by molar-refractivity contribution is 0.102. The highest BCUT2D eigenvalue weighted by Crippen LogP contribution is 2.31. The summed E-state index contributed by atoms with van der Waals surface area (Å²) in [6.45, 7) is 1.33. The van der Waals surface area contributed by atoms with Gasteiger partial charge < -0.3 is 15.4 Å². The number of para-hydroxylation sites is 2. The van der Waals surface area contributed by atoms with Crippen LogP contribution in [0.25, 0.3) is 0 Å². The Hall–Kier alpha value is -2.49. The van der Waals surface area contributed by atoms with Crippen LogP contribution in [-0.2, 0) is 0 Å². The zero-order valence-corrected chi connectivity index (χ0v) is 10.3. The quantitative estimate of drug-likeness (QED) is 0.866. The Morgan fingerprint density at radius 3 is 2.79 bits per heavy atom. The van der Waals surface area contributed by atoms with Crippen molar-refractivity contribution >= 4 is 17.3 Å². The maximum atomic E-state index is 12.3. The van der Waals surface area contributed by atoms with Crippen molar-refractivity contribution in [2.24, 2.45) is 0 Å². The highest BCUT2D eigenvalue weighted by atomic mass is 16.5. The summed E-state index contributed by atoms with van der Waals surface area (Å²) >= 11 is 0. The highest BCUT2D eigenvalue weighted by molar-refractivity contribution is 6.07. The molecule has 4 heteroatoms. The van der Waals surface area contributed by atoms with Crippen LogP contribution in [0.4, 0.5) is 11.4 Å². The normalized spacial score (nSPS) is 12.8. The molecular weight excluding hydrogens is 240 g/mol. The molecule has 4 nitrogen and oxygen atoms in total. The molecule has 0 fully saturated rings. The van der Waals surface area contributed by atoms with Crippen molar-refractivity contribution in [3.63, 3.8) is 0 Å². The van der Waals surface area contributed by atoms with Crippen LogP contribution in [0.15, 0.2) is 48.5 Å². The SMILES string of the molecule is O=C(Nc1ccccc1)c1cccc2c1OCCN2. The summed E-state index contributed by atoms with van der Waals surface area (Å²) in [6, 6.07) is 14.9. The van der Waals surface area contributed by atoms with Gasteiger partial charge in [-0.05, 0) is 24.3 Å². The van der Waals surface area contributed by atoms with Crippen LogP contribution in [0, 0.1) is 0 Å². The van der Waals surface area contributed by atoms with E-state index in [0.29, 0.717) is 17.9 Å². The first-order valence-corrected chi connectivity index (χ1v) is 6.21. The molecule has 0 saturated heterocycles. The van der Waals surface area contributed by atoms with Crippen LogP contribution in [0.5, 0.6) is 5.75 Å². The lowest BCUT2D eigenvalue weighted by Gasteiger charge is -2.21. The monoisotopic (exact) mass is 254 g/mol. The van der Waals surface area contributed by atoms with Crippen LogP contribution in [-0.4, -0.2) is 19.1 Å². The van der Waals surface area contributed by atoms with Crippen molar-refractivity contribution in [3.05, 3.63) is 54.1 Å². The fraction of sp³-hybridized carbons (Fsp3) is 0.133. The zero-order chi connectivity index (χ0) is 13.1. The van der Waals surface area contributed by atoms with E-state index in [1.54, 1.807) is 6.07 Å². The van der Waals surface area contributed by atoms with Crippen LogP contribution >= 0.6 is 0 Å². The number of nitrogens with one attached hydrogen (secondary N) is 2. The first-order valence-electron chi connectivity index (χ1n) is 6.21. The Morgan fingerprint density at radius 2 is 1.95 bits per heavy atom. The van der Waals surface area contributed by atoms with Gasteiger partial charge in [-0.2, -0.15) is 0 Å². The first-order chi connectivity index (χ1) is 9.34. The van der Waals surface area contributed by atoms with Gasteiger partial charge in [0.25, 0.3) is 5.91 Å². The molecule has 1 aliphatic heterocycles. The van der Waals surface area contributed by atoms with E-state index < -0.39 is 0 Å². The Balaban J connectivity index is 1.88. The molecule has 0 bridgehead atoms. The van der Waals surface area contributed by atoms with Crippen LogP contribution < -0.4 is 15.4 Å². The van der Waals surface area contributed by atoms with Crippen LogP contribution in [0.3, 0.4) is 0 Å². The van der Waals surface area contributed by atoms with E-state index in [9.17, 15) is 4.79 Å². The molecule has 0 atom stereocenters. The topological polar surface area (TPSA) is 50.4 Å². The molecule has 2 N–H and O–H groups in total. The number of amides is 1. The largest absolute Gasteiger partial charge is 0.489 e. The number of anilines is 2. The average Bonchev–Trinajstić information content (AvgIpc) is 2.47. The molecule has 2 aromatic rings. The lowest BCUT2D eigenvalue weighted by Crippen LogP contribution is -2.21. The van der Waals surface area contributed by atoms with Crippen molar-refractivity contribution in [2.75, 3.05) is 23.8 Å². The van der Waals surface area contributed by atoms with Gasteiger partial charge in [0, 0.05) is 12.2 Å². The number of ether oxygens (including phenoxy) is 1. The molecule has 3 rings (SSSR count). The number of carbonyl (C=O) groups excluding carboxylic acids is 1. The minimum absolute atomic E-state index is 0.160. The fourth-order valence-electron chi connectivity index (χ4n) is 2.07. The minimum Gasteiger partial charge on any atom is -0.489 e. The number of hydrogen-bond donors (Lipinski definition) is 2. The van der Waals surface area contributed by atoms with E-state index in [-0.39, 0.29) is 5.91 Å². The summed E-state index contributed by atoms with van der Waals surface area (Å²) in [5, 5.41) is 6.08. The smallest absolute Gasteiger partial charge is 0.259 e. The van der Waals surface area contributed by atoms with E-state index in [4.69, 9.17) is 4.74 Å². The average molecular weight is 254 g/mol. The molecule has 1 aliphatic rings. The van der Waals surface area contributed by atoms with Gasteiger partial charge in [0.05, 0.1) is 11.3 Å². The molecule has 96 valence electrons. The Kier molecular flexibility index (Phi) is 3.06. The summed E-state index contributed by atoms with van der Waals surface area (Å²) in [6.07, 6.45) is 0. The highest BCUT2D eigenvalue weighted by Gasteiger charge is 2.18. The van der Waals surface area contributed by atoms with E-state index in [0.717, 1.165) is 17.9 Å². The zero-order valence-electron chi connectivity index (χ0n) is 10.3. The molecule has 1 heterocycles. The maximum Gasteiger partial charge on any atom is 0.259 e. The second kappa shape index (κ2) is 5.02. The standard InChI is InChI=1S/C15H14N2O2/c18-15(17-11-5-2-1-3-6-11)12-7-4-8-13-14(12)19-10-9-16-13/h1-8,16H,9-10H2,(H,17,18). The summed E-state index contributed by atoms with van der Waals surface area (Å²) in [4.78, 5) is 12.3. The number of rotatable bonds is 2. The third-order valence-electron chi connectivity index (χ3n) is 2.96. The molecule has 0 radical (unpaired) electrons. The Morgan fingerprint density at radius 1 is 1.11 bits per heavy atom. The van der Waals surface area contributed by atoms with Crippen molar-refractivity contribution in [1.29, 1.82) is 0 Å². The van der Waals surface area contributed by atoms with E-state index >= 15 is 0 Å². The fourth-order valence-corrected chi connectivity index (χ4v) is 2.07. The molecule has 0 aromatic heterocycles. The molecular formula is C15H14N2O2. The number of fused-ring (bicyclic) bond motifs is 1. The van der Waals surface area contributed by atoms with Gasteiger partial charge in [-0.25, -0.2) is 0 Å². The van der Waals surface area contributed by atoms with Crippen molar-refractivity contribution < 1.29 is 9.53 Å². The molecule has 0 spiro atoms. The molecule has 2 aromatic carbocycles. The van der Waals surface area contributed by atoms with Crippen molar-refractivity contribution in [3.8, 4) is 5.75 Å².